The van der Waals surface area contributed by atoms with E-state index in [4.69, 9.17) is 5.84 Å². The van der Waals surface area contributed by atoms with Crippen molar-refractivity contribution in [3.63, 3.8) is 0 Å². The second-order valence-corrected chi connectivity index (χ2v) is 5.58. The number of hydrogen-bond acceptors (Lipinski definition) is 5. The van der Waals surface area contributed by atoms with Crippen LogP contribution >= 0.6 is 11.8 Å². The highest BCUT2D eigenvalue weighted by Crippen LogP contribution is 2.19. The van der Waals surface area contributed by atoms with Crippen LogP contribution in [0.1, 0.15) is 24.8 Å². The van der Waals surface area contributed by atoms with Gasteiger partial charge in [0.15, 0.2) is 0 Å². The molecule has 1 aliphatic rings. The molecule has 0 unspecified atom stereocenters. The molecule has 0 atom stereocenters. The van der Waals surface area contributed by atoms with Crippen LogP contribution in [0.4, 0.5) is 5.82 Å². The van der Waals surface area contributed by atoms with Gasteiger partial charge in [-0.3, -0.25) is 4.79 Å². The number of hydrogen-bond donors (Lipinski definition) is 2. The Labute approximate surface area is 117 Å². The van der Waals surface area contributed by atoms with Gasteiger partial charge in [-0.1, -0.05) is 6.07 Å². The first-order valence-electron chi connectivity index (χ1n) is 6.57. The molecule has 2 heterocycles. The summed E-state index contributed by atoms with van der Waals surface area (Å²) in [7, 11) is 0. The maximum Gasteiger partial charge on any atom is 0.232 e. The van der Waals surface area contributed by atoms with E-state index >= 15 is 0 Å². The van der Waals surface area contributed by atoms with E-state index in [1.54, 1.807) is 18.0 Å². The number of nitrogens with zero attached hydrogens (tertiary/aromatic N) is 2. The van der Waals surface area contributed by atoms with Crippen molar-refractivity contribution in [2.24, 2.45) is 5.84 Å². The summed E-state index contributed by atoms with van der Waals surface area (Å²) in [6.45, 7) is 1.84. The molecule has 2 rings (SSSR count). The van der Waals surface area contributed by atoms with Gasteiger partial charge in [0.25, 0.3) is 0 Å². The SMILES string of the molecule is NNc1ncccc1CSCC(=O)N1CCCCC1. The van der Waals surface area contributed by atoms with E-state index < -0.39 is 0 Å². The van der Waals surface area contributed by atoms with Crippen LogP contribution < -0.4 is 11.3 Å². The summed E-state index contributed by atoms with van der Waals surface area (Å²) in [6, 6.07) is 3.85. The minimum Gasteiger partial charge on any atom is -0.342 e. The number of nitrogens with two attached hydrogens (primary N) is 1. The van der Waals surface area contributed by atoms with Crippen LogP contribution in [0.15, 0.2) is 18.3 Å². The monoisotopic (exact) mass is 280 g/mol. The van der Waals surface area contributed by atoms with E-state index in [-0.39, 0.29) is 5.91 Å². The number of pyridine rings is 1. The highest BCUT2D eigenvalue weighted by atomic mass is 32.2. The molecule has 1 aromatic heterocycles. The van der Waals surface area contributed by atoms with Crippen molar-refractivity contribution >= 4 is 23.5 Å². The average Bonchev–Trinajstić information content (AvgIpc) is 2.48. The van der Waals surface area contributed by atoms with Crippen molar-refractivity contribution in [1.82, 2.24) is 9.88 Å². The number of hydrazine groups is 1. The number of aromatic nitrogens is 1. The number of thioether (sulfide) groups is 1. The van der Waals surface area contributed by atoms with Gasteiger partial charge >= 0.3 is 0 Å². The first-order valence-corrected chi connectivity index (χ1v) is 7.73. The second kappa shape index (κ2) is 7.35. The van der Waals surface area contributed by atoms with E-state index in [0.29, 0.717) is 11.6 Å². The van der Waals surface area contributed by atoms with Crippen LogP contribution in [0.3, 0.4) is 0 Å². The molecule has 1 aliphatic heterocycles. The molecule has 19 heavy (non-hydrogen) atoms. The van der Waals surface area contributed by atoms with Gasteiger partial charge in [-0.2, -0.15) is 0 Å². The van der Waals surface area contributed by atoms with Gasteiger partial charge in [-0.15, -0.1) is 11.8 Å². The van der Waals surface area contributed by atoms with Crippen molar-refractivity contribution in [1.29, 1.82) is 0 Å². The molecule has 0 spiro atoms. The van der Waals surface area contributed by atoms with Gasteiger partial charge in [-0.25, -0.2) is 10.8 Å². The fourth-order valence-corrected chi connectivity index (χ4v) is 3.08. The number of anilines is 1. The number of rotatable bonds is 5. The third-order valence-electron chi connectivity index (χ3n) is 3.22. The number of carbonyl (C=O) groups is 1. The van der Waals surface area contributed by atoms with Crippen LogP contribution in [0, 0.1) is 0 Å². The summed E-state index contributed by atoms with van der Waals surface area (Å²) in [4.78, 5) is 18.1. The largest absolute Gasteiger partial charge is 0.342 e. The third kappa shape index (κ3) is 4.11. The highest BCUT2D eigenvalue weighted by Gasteiger charge is 2.16. The topological polar surface area (TPSA) is 71.2 Å². The Morgan fingerprint density at radius 3 is 2.95 bits per heavy atom. The number of likely N-dealkylation sites (tertiary alicyclic amines) is 1. The number of piperidine rings is 1. The zero-order chi connectivity index (χ0) is 13.5. The van der Waals surface area contributed by atoms with Gasteiger partial charge in [0.1, 0.15) is 5.82 Å². The minimum atomic E-state index is 0.246. The Balaban J connectivity index is 1.78. The first kappa shape index (κ1) is 14.1. The van der Waals surface area contributed by atoms with Crippen molar-refractivity contribution in [3.05, 3.63) is 23.9 Å². The van der Waals surface area contributed by atoms with Gasteiger partial charge < -0.3 is 10.3 Å². The molecule has 104 valence electrons. The average molecular weight is 280 g/mol. The quantitative estimate of drug-likeness (QED) is 0.633. The summed E-state index contributed by atoms with van der Waals surface area (Å²) in [5, 5.41) is 0. The lowest BCUT2D eigenvalue weighted by atomic mass is 10.1. The van der Waals surface area contributed by atoms with Gasteiger partial charge in [-0.05, 0) is 25.3 Å². The molecule has 0 aromatic carbocycles. The van der Waals surface area contributed by atoms with E-state index in [1.165, 1.54) is 6.42 Å². The van der Waals surface area contributed by atoms with Crippen molar-refractivity contribution in [2.45, 2.75) is 25.0 Å². The summed E-state index contributed by atoms with van der Waals surface area (Å²) in [5.41, 5.74) is 3.61. The van der Waals surface area contributed by atoms with Crippen molar-refractivity contribution < 1.29 is 4.79 Å². The Hall–Kier alpha value is -1.27. The smallest absolute Gasteiger partial charge is 0.232 e. The van der Waals surface area contributed by atoms with Crippen LogP contribution in [0.25, 0.3) is 0 Å². The zero-order valence-electron chi connectivity index (χ0n) is 11.0. The van der Waals surface area contributed by atoms with Crippen LogP contribution in [-0.2, 0) is 10.5 Å². The van der Waals surface area contributed by atoms with Crippen LogP contribution in [0.2, 0.25) is 0 Å². The Morgan fingerprint density at radius 2 is 2.21 bits per heavy atom. The Kier molecular flexibility index (Phi) is 5.47. The zero-order valence-corrected chi connectivity index (χ0v) is 11.8. The Bertz CT molecular complexity index is 421. The minimum absolute atomic E-state index is 0.246. The maximum absolute atomic E-state index is 12.0. The molecule has 5 nitrogen and oxygen atoms in total. The predicted molar refractivity (Wildman–Crippen MR) is 78.6 cm³/mol. The normalized spacial score (nSPS) is 15.3. The van der Waals surface area contributed by atoms with E-state index in [0.717, 1.165) is 37.2 Å². The molecule has 1 fully saturated rings. The van der Waals surface area contributed by atoms with E-state index in [2.05, 4.69) is 10.4 Å². The van der Waals surface area contributed by atoms with Crippen LogP contribution in [0.5, 0.6) is 0 Å². The Morgan fingerprint density at radius 1 is 1.42 bits per heavy atom. The summed E-state index contributed by atoms with van der Waals surface area (Å²) >= 11 is 1.61. The molecule has 1 saturated heterocycles. The molecule has 1 aromatic rings. The lowest BCUT2D eigenvalue weighted by molar-refractivity contribution is -0.129. The van der Waals surface area contributed by atoms with Crippen LogP contribution in [-0.4, -0.2) is 34.6 Å². The number of nitrogens with one attached hydrogen (secondary N) is 1. The predicted octanol–water partition coefficient (Wildman–Crippen LogP) is 1.61. The summed E-state index contributed by atoms with van der Waals surface area (Å²) in [6.07, 6.45) is 5.22. The van der Waals surface area contributed by atoms with Gasteiger partial charge in [0.05, 0.1) is 5.75 Å². The highest BCUT2D eigenvalue weighted by molar-refractivity contribution is 7.99. The van der Waals surface area contributed by atoms with Gasteiger partial charge in [0.2, 0.25) is 5.91 Å². The molecule has 1 amide bonds. The number of amides is 1. The summed E-state index contributed by atoms with van der Waals surface area (Å²) < 4.78 is 0. The van der Waals surface area contributed by atoms with Gasteiger partial charge in [0, 0.05) is 30.6 Å². The lowest BCUT2D eigenvalue weighted by Gasteiger charge is -2.26. The van der Waals surface area contributed by atoms with Crippen molar-refractivity contribution in [2.75, 3.05) is 24.3 Å². The number of carbonyl (C=O) groups excluding carboxylic acids is 1. The number of nitrogen functional groups attached to an aromatic ring is 1. The van der Waals surface area contributed by atoms with Crippen molar-refractivity contribution in [3.8, 4) is 0 Å². The lowest BCUT2D eigenvalue weighted by Crippen LogP contribution is -2.36. The molecular weight excluding hydrogens is 260 g/mol. The third-order valence-corrected chi connectivity index (χ3v) is 4.19. The maximum atomic E-state index is 12.0. The molecule has 0 aliphatic carbocycles. The second-order valence-electron chi connectivity index (χ2n) is 4.59. The first-order chi connectivity index (χ1) is 9.31. The molecular formula is C13H20N4OS. The fraction of sp³-hybridized carbons (Fsp3) is 0.538. The molecule has 0 bridgehead atoms. The fourth-order valence-electron chi connectivity index (χ4n) is 2.17. The molecule has 6 heteroatoms. The van der Waals surface area contributed by atoms with E-state index in [9.17, 15) is 4.79 Å². The summed E-state index contributed by atoms with van der Waals surface area (Å²) in [5.74, 6) is 7.60. The van der Waals surface area contributed by atoms with E-state index in [1.807, 2.05) is 17.0 Å². The molecule has 3 N–H and O–H groups in total. The molecule has 0 saturated carbocycles. The standard InChI is InChI=1S/C13H20N4OS/c14-16-13-11(5-4-6-15-13)9-19-10-12(18)17-7-2-1-3-8-17/h4-6H,1-3,7-10,14H2,(H,15,16). The molecule has 0 radical (unpaired) electrons.